The highest BCUT2D eigenvalue weighted by atomic mass is 32.2. The first-order valence-electron chi connectivity index (χ1n) is 9.24. The first kappa shape index (κ1) is 17.9. The Hall–Kier alpha value is -0.910. The minimum atomic E-state index is -3.33. The molecule has 0 amide bonds. The smallest absolute Gasteiger partial charge is 0.243 e. The first-order valence-corrected chi connectivity index (χ1v) is 10.7. The zero-order valence-electron chi connectivity index (χ0n) is 14.9. The molecule has 1 aromatic rings. The molecule has 2 saturated heterocycles. The van der Waals surface area contributed by atoms with E-state index >= 15 is 0 Å². The fraction of sp³-hybridized carbons (Fsp3) is 0.684. The molecule has 134 valence electrons. The lowest BCUT2D eigenvalue weighted by molar-refractivity contribution is 0.136. The van der Waals surface area contributed by atoms with Gasteiger partial charge in [-0.2, -0.15) is 4.31 Å². The number of rotatable bonds is 4. The lowest BCUT2D eigenvalue weighted by atomic mass is 9.94. The molecule has 0 aromatic heterocycles. The van der Waals surface area contributed by atoms with Crippen molar-refractivity contribution in [3.05, 3.63) is 29.8 Å². The van der Waals surface area contributed by atoms with Crippen LogP contribution in [0.1, 0.15) is 38.2 Å². The molecule has 2 heterocycles. The monoisotopic (exact) mass is 350 g/mol. The summed E-state index contributed by atoms with van der Waals surface area (Å²) in [6.07, 6.45) is 4.62. The van der Waals surface area contributed by atoms with E-state index in [1.165, 1.54) is 25.9 Å². The van der Waals surface area contributed by atoms with Crippen molar-refractivity contribution in [2.45, 2.75) is 44.4 Å². The Morgan fingerprint density at radius 2 is 1.88 bits per heavy atom. The number of nitrogens with zero attached hydrogens (tertiary/aromatic N) is 2. The van der Waals surface area contributed by atoms with Crippen molar-refractivity contribution >= 4 is 10.0 Å². The van der Waals surface area contributed by atoms with E-state index in [9.17, 15) is 8.42 Å². The van der Waals surface area contributed by atoms with Gasteiger partial charge in [0.05, 0.1) is 4.90 Å². The number of likely N-dealkylation sites (tertiary alicyclic amines) is 1. The summed E-state index contributed by atoms with van der Waals surface area (Å²) in [6, 6.07) is 7.25. The van der Waals surface area contributed by atoms with Gasteiger partial charge >= 0.3 is 0 Å². The van der Waals surface area contributed by atoms with Crippen LogP contribution in [0.25, 0.3) is 0 Å². The van der Waals surface area contributed by atoms with Crippen LogP contribution in [0.2, 0.25) is 0 Å². The normalized spacial score (nSPS) is 25.0. The van der Waals surface area contributed by atoms with E-state index < -0.39 is 10.0 Å². The van der Waals surface area contributed by atoms with Crippen LogP contribution in [0.3, 0.4) is 0 Å². The molecule has 3 rings (SSSR count). The average molecular weight is 351 g/mol. The highest BCUT2D eigenvalue weighted by Gasteiger charge is 2.30. The molecule has 1 aromatic carbocycles. The standard InChI is InChI=1S/C19H30N2O2S/c1-16-5-3-7-19(13-16)24(22,23)21-11-8-18(9-12-21)15-20-10-4-6-17(2)14-20/h3,5,7,13,17-18H,4,6,8-12,14-15H2,1-2H3/t17-/m0/s1. The number of hydrogen-bond acceptors (Lipinski definition) is 3. The van der Waals surface area contributed by atoms with Crippen molar-refractivity contribution in [3.63, 3.8) is 0 Å². The number of hydrogen-bond donors (Lipinski definition) is 0. The van der Waals surface area contributed by atoms with Gasteiger partial charge in [-0.1, -0.05) is 19.1 Å². The maximum absolute atomic E-state index is 12.8. The molecule has 0 aliphatic carbocycles. The molecular formula is C19H30N2O2S. The Balaban J connectivity index is 1.56. The molecule has 0 radical (unpaired) electrons. The van der Waals surface area contributed by atoms with E-state index in [2.05, 4.69) is 11.8 Å². The Morgan fingerprint density at radius 1 is 1.12 bits per heavy atom. The Morgan fingerprint density at radius 3 is 2.54 bits per heavy atom. The molecule has 24 heavy (non-hydrogen) atoms. The van der Waals surface area contributed by atoms with Crippen LogP contribution in [0.5, 0.6) is 0 Å². The molecule has 0 unspecified atom stereocenters. The fourth-order valence-corrected chi connectivity index (χ4v) is 5.65. The summed E-state index contributed by atoms with van der Waals surface area (Å²) in [7, 11) is -3.33. The summed E-state index contributed by atoms with van der Waals surface area (Å²) < 4.78 is 27.3. The van der Waals surface area contributed by atoms with Gasteiger partial charge in [-0.3, -0.25) is 0 Å². The van der Waals surface area contributed by atoms with Crippen LogP contribution in [0.15, 0.2) is 29.2 Å². The summed E-state index contributed by atoms with van der Waals surface area (Å²) in [5, 5.41) is 0. The molecule has 5 heteroatoms. The molecular weight excluding hydrogens is 320 g/mol. The third-order valence-electron chi connectivity index (χ3n) is 5.46. The van der Waals surface area contributed by atoms with Crippen LogP contribution < -0.4 is 0 Å². The van der Waals surface area contributed by atoms with Gasteiger partial charge in [0.1, 0.15) is 0 Å². The second kappa shape index (κ2) is 7.54. The van der Waals surface area contributed by atoms with E-state index in [1.807, 2.05) is 19.1 Å². The Kier molecular flexibility index (Phi) is 5.63. The number of sulfonamides is 1. The van der Waals surface area contributed by atoms with Crippen molar-refractivity contribution in [2.24, 2.45) is 11.8 Å². The van der Waals surface area contributed by atoms with E-state index in [-0.39, 0.29) is 0 Å². The molecule has 2 fully saturated rings. The second-order valence-electron chi connectivity index (χ2n) is 7.67. The van der Waals surface area contributed by atoms with Gasteiger partial charge in [0.15, 0.2) is 0 Å². The molecule has 4 nitrogen and oxygen atoms in total. The summed E-state index contributed by atoms with van der Waals surface area (Å²) in [6.45, 7) is 9.15. The third kappa shape index (κ3) is 4.19. The highest BCUT2D eigenvalue weighted by Crippen LogP contribution is 2.26. The van der Waals surface area contributed by atoms with E-state index in [0.717, 1.165) is 30.9 Å². The maximum Gasteiger partial charge on any atom is 0.243 e. The molecule has 0 bridgehead atoms. The van der Waals surface area contributed by atoms with Crippen molar-refractivity contribution in [1.82, 2.24) is 9.21 Å². The van der Waals surface area contributed by atoms with Crippen LogP contribution in [0, 0.1) is 18.8 Å². The van der Waals surface area contributed by atoms with Crippen molar-refractivity contribution < 1.29 is 8.42 Å². The van der Waals surface area contributed by atoms with Crippen LogP contribution >= 0.6 is 0 Å². The molecule has 0 N–H and O–H groups in total. The second-order valence-corrected chi connectivity index (χ2v) is 9.61. The molecule has 1 atom stereocenters. The number of benzene rings is 1. The van der Waals surface area contributed by atoms with Gasteiger partial charge in [0, 0.05) is 26.2 Å². The lowest BCUT2D eigenvalue weighted by Crippen LogP contribution is -2.43. The van der Waals surface area contributed by atoms with Gasteiger partial charge in [-0.25, -0.2) is 8.42 Å². The van der Waals surface area contributed by atoms with Crippen molar-refractivity contribution in [1.29, 1.82) is 0 Å². The Bertz CT molecular complexity index is 651. The van der Waals surface area contributed by atoms with Crippen LogP contribution in [-0.2, 0) is 10.0 Å². The third-order valence-corrected chi connectivity index (χ3v) is 7.35. The van der Waals surface area contributed by atoms with Gasteiger partial charge < -0.3 is 4.90 Å². The van der Waals surface area contributed by atoms with Gasteiger partial charge in [-0.15, -0.1) is 0 Å². The summed E-state index contributed by atoms with van der Waals surface area (Å²) in [4.78, 5) is 3.02. The number of aryl methyl sites for hydroxylation is 1. The minimum Gasteiger partial charge on any atom is -0.303 e. The van der Waals surface area contributed by atoms with E-state index in [4.69, 9.17) is 0 Å². The van der Waals surface area contributed by atoms with Gasteiger partial charge in [0.2, 0.25) is 10.0 Å². The molecule has 0 spiro atoms. The molecule has 2 aliphatic heterocycles. The SMILES string of the molecule is Cc1cccc(S(=O)(=O)N2CCC(CN3CCC[C@H](C)C3)CC2)c1. The first-order chi connectivity index (χ1) is 11.4. The van der Waals surface area contributed by atoms with Crippen molar-refractivity contribution in [3.8, 4) is 0 Å². The predicted octanol–water partition coefficient (Wildman–Crippen LogP) is 3.13. The zero-order chi connectivity index (χ0) is 17.2. The summed E-state index contributed by atoms with van der Waals surface area (Å²) in [5.74, 6) is 1.44. The van der Waals surface area contributed by atoms with Crippen LogP contribution in [-0.4, -0.2) is 50.3 Å². The van der Waals surface area contributed by atoms with E-state index in [1.54, 1.807) is 16.4 Å². The number of piperidine rings is 2. The zero-order valence-corrected chi connectivity index (χ0v) is 15.8. The topological polar surface area (TPSA) is 40.6 Å². The summed E-state index contributed by atoms with van der Waals surface area (Å²) >= 11 is 0. The lowest BCUT2D eigenvalue weighted by Gasteiger charge is -2.37. The quantitative estimate of drug-likeness (QED) is 0.838. The highest BCUT2D eigenvalue weighted by molar-refractivity contribution is 7.89. The van der Waals surface area contributed by atoms with Crippen molar-refractivity contribution in [2.75, 3.05) is 32.7 Å². The average Bonchev–Trinajstić information content (AvgIpc) is 2.55. The van der Waals surface area contributed by atoms with E-state index in [0.29, 0.717) is 23.9 Å². The molecule has 2 aliphatic rings. The van der Waals surface area contributed by atoms with Gasteiger partial charge in [0.25, 0.3) is 0 Å². The fourth-order valence-electron chi connectivity index (χ4n) is 4.07. The van der Waals surface area contributed by atoms with Gasteiger partial charge in [-0.05, 0) is 68.7 Å². The predicted molar refractivity (Wildman–Crippen MR) is 97.5 cm³/mol. The minimum absolute atomic E-state index is 0.436. The summed E-state index contributed by atoms with van der Waals surface area (Å²) in [5.41, 5.74) is 0.991. The largest absolute Gasteiger partial charge is 0.303 e. The molecule has 0 saturated carbocycles. The van der Waals surface area contributed by atoms with Crippen LogP contribution in [0.4, 0.5) is 0 Å². The Labute approximate surface area is 146 Å². The maximum atomic E-state index is 12.8.